The second-order valence-corrected chi connectivity index (χ2v) is 6.92. The monoisotopic (exact) mass is 324 g/mol. The molecular formula is C18H20N4S. The summed E-state index contributed by atoms with van der Waals surface area (Å²) in [6.45, 7) is 3.26. The van der Waals surface area contributed by atoms with Gasteiger partial charge in [-0.2, -0.15) is 0 Å². The number of aryl methyl sites for hydroxylation is 2. The summed E-state index contributed by atoms with van der Waals surface area (Å²) in [4.78, 5) is 6.03. The summed E-state index contributed by atoms with van der Waals surface area (Å²) in [6, 6.07) is 10.9. The lowest BCUT2D eigenvalue weighted by atomic mass is 10.1. The van der Waals surface area contributed by atoms with Crippen molar-refractivity contribution in [2.75, 3.05) is 5.32 Å². The molecule has 0 saturated carbocycles. The Morgan fingerprint density at radius 2 is 2.04 bits per heavy atom. The van der Waals surface area contributed by atoms with Gasteiger partial charge in [0, 0.05) is 41.5 Å². The zero-order valence-corrected chi connectivity index (χ0v) is 14.0. The standard InChI is InChI=1S/C18H20N4S/c1-13(17-9-10-19-23-17)20-15-7-5-14(6-8-15)16-12-22-11-3-2-4-18(22)21-16/h5-10,12-13,20H,2-4,11H2,1H3. The van der Waals surface area contributed by atoms with E-state index in [0.717, 1.165) is 24.3 Å². The number of fused-ring (bicyclic) bond motifs is 1. The SMILES string of the molecule is CC(Nc1ccc(-c2cn3c(n2)CCCC3)cc1)c1ccns1. The van der Waals surface area contributed by atoms with Crippen molar-refractivity contribution >= 4 is 17.2 Å². The van der Waals surface area contributed by atoms with Crippen LogP contribution < -0.4 is 5.32 Å². The number of nitrogens with zero attached hydrogens (tertiary/aromatic N) is 3. The Hall–Kier alpha value is -2.14. The molecule has 4 rings (SSSR count). The van der Waals surface area contributed by atoms with Crippen LogP contribution in [0.2, 0.25) is 0 Å². The van der Waals surface area contributed by atoms with Crippen LogP contribution in [-0.2, 0) is 13.0 Å². The summed E-state index contributed by atoms with van der Waals surface area (Å²) in [5.74, 6) is 1.23. The zero-order chi connectivity index (χ0) is 15.6. The molecule has 4 nitrogen and oxygen atoms in total. The Morgan fingerprint density at radius 1 is 1.17 bits per heavy atom. The van der Waals surface area contributed by atoms with Crippen molar-refractivity contribution in [2.24, 2.45) is 0 Å². The van der Waals surface area contributed by atoms with Crippen LogP contribution in [0.25, 0.3) is 11.3 Å². The summed E-state index contributed by atoms with van der Waals surface area (Å²) in [7, 11) is 0. The Bertz CT molecular complexity index is 750. The van der Waals surface area contributed by atoms with E-state index in [9.17, 15) is 0 Å². The maximum absolute atomic E-state index is 4.79. The Kier molecular flexibility index (Phi) is 3.87. The lowest BCUT2D eigenvalue weighted by molar-refractivity contribution is 0.522. The third-order valence-electron chi connectivity index (χ3n) is 4.36. The summed E-state index contributed by atoms with van der Waals surface area (Å²) in [5.41, 5.74) is 3.39. The molecule has 0 spiro atoms. The van der Waals surface area contributed by atoms with Crippen molar-refractivity contribution in [1.29, 1.82) is 0 Å². The molecule has 1 unspecified atom stereocenters. The molecule has 0 amide bonds. The Labute approximate surface area is 140 Å². The van der Waals surface area contributed by atoms with Crippen molar-refractivity contribution in [3.8, 4) is 11.3 Å². The first-order chi connectivity index (χ1) is 11.3. The van der Waals surface area contributed by atoms with Crippen LogP contribution in [0.4, 0.5) is 5.69 Å². The fraction of sp³-hybridized carbons (Fsp3) is 0.333. The third kappa shape index (κ3) is 3.01. The molecule has 0 radical (unpaired) electrons. The molecule has 1 atom stereocenters. The van der Waals surface area contributed by atoms with Crippen LogP contribution in [0.1, 0.15) is 36.5 Å². The van der Waals surface area contributed by atoms with Crippen molar-refractivity contribution < 1.29 is 0 Å². The van der Waals surface area contributed by atoms with Crippen molar-refractivity contribution in [3.05, 3.63) is 53.4 Å². The lowest BCUT2D eigenvalue weighted by Gasteiger charge is -2.13. The van der Waals surface area contributed by atoms with Gasteiger partial charge >= 0.3 is 0 Å². The van der Waals surface area contributed by atoms with E-state index >= 15 is 0 Å². The molecule has 1 N–H and O–H groups in total. The summed E-state index contributed by atoms with van der Waals surface area (Å²) >= 11 is 1.54. The van der Waals surface area contributed by atoms with Crippen LogP contribution >= 0.6 is 11.5 Å². The number of hydrogen-bond acceptors (Lipinski definition) is 4. The van der Waals surface area contributed by atoms with Gasteiger partial charge in [-0.1, -0.05) is 12.1 Å². The zero-order valence-electron chi connectivity index (χ0n) is 13.2. The molecule has 3 aromatic rings. The number of aromatic nitrogens is 3. The van der Waals surface area contributed by atoms with Gasteiger partial charge in [-0.3, -0.25) is 0 Å². The minimum absolute atomic E-state index is 0.272. The Morgan fingerprint density at radius 3 is 2.78 bits per heavy atom. The quantitative estimate of drug-likeness (QED) is 0.767. The van der Waals surface area contributed by atoms with E-state index in [4.69, 9.17) is 4.98 Å². The highest BCUT2D eigenvalue weighted by Gasteiger charge is 2.13. The largest absolute Gasteiger partial charge is 0.378 e. The van der Waals surface area contributed by atoms with E-state index in [0.29, 0.717) is 0 Å². The second-order valence-electron chi connectivity index (χ2n) is 6.05. The molecule has 1 aromatic carbocycles. The predicted molar refractivity (Wildman–Crippen MR) is 94.8 cm³/mol. The number of rotatable bonds is 4. The maximum atomic E-state index is 4.79. The molecular weight excluding hydrogens is 304 g/mol. The highest BCUT2D eigenvalue weighted by atomic mass is 32.1. The van der Waals surface area contributed by atoms with Gasteiger partial charge in [0.25, 0.3) is 0 Å². The van der Waals surface area contributed by atoms with Crippen molar-refractivity contribution in [1.82, 2.24) is 13.9 Å². The second kappa shape index (κ2) is 6.16. The number of benzene rings is 1. The molecule has 1 aliphatic heterocycles. The van der Waals surface area contributed by atoms with E-state index in [1.54, 1.807) is 11.5 Å². The molecule has 0 fully saturated rings. The highest BCUT2D eigenvalue weighted by Crippen LogP contribution is 2.26. The number of imidazole rings is 1. The lowest BCUT2D eigenvalue weighted by Crippen LogP contribution is -2.08. The van der Waals surface area contributed by atoms with Crippen LogP contribution in [0.15, 0.2) is 42.7 Å². The molecule has 118 valence electrons. The molecule has 2 aromatic heterocycles. The van der Waals surface area contributed by atoms with Crippen molar-refractivity contribution in [3.63, 3.8) is 0 Å². The average molecular weight is 324 g/mol. The molecule has 0 bridgehead atoms. The maximum Gasteiger partial charge on any atom is 0.109 e. The summed E-state index contributed by atoms with van der Waals surface area (Å²) in [5, 5.41) is 3.52. The van der Waals surface area contributed by atoms with Gasteiger partial charge < -0.3 is 9.88 Å². The van der Waals surface area contributed by atoms with E-state index in [2.05, 4.69) is 57.7 Å². The van der Waals surface area contributed by atoms with Crippen molar-refractivity contribution in [2.45, 2.75) is 38.8 Å². The van der Waals surface area contributed by atoms with Gasteiger partial charge in [0.15, 0.2) is 0 Å². The van der Waals surface area contributed by atoms with E-state index in [1.807, 2.05) is 6.20 Å². The minimum Gasteiger partial charge on any atom is -0.378 e. The highest BCUT2D eigenvalue weighted by molar-refractivity contribution is 7.05. The van der Waals surface area contributed by atoms with Gasteiger partial charge in [-0.05, 0) is 49.5 Å². The molecule has 23 heavy (non-hydrogen) atoms. The third-order valence-corrected chi connectivity index (χ3v) is 5.28. The first kappa shape index (κ1) is 14.5. The average Bonchev–Trinajstić information content (AvgIpc) is 3.25. The van der Waals surface area contributed by atoms with Gasteiger partial charge in [0.1, 0.15) is 5.82 Å². The van der Waals surface area contributed by atoms with Crippen LogP contribution in [0, 0.1) is 0 Å². The molecule has 3 heterocycles. The molecule has 1 aliphatic rings. The van der Waals surface area contributed by atoms with Gasteiger partial charge in [0.2, 0.25) is 0 Å². The van der Waals surface area contributed by atoms with E-state index in [-0.39, 0.29) is 6.04 Å². The fourth-order valence-corrected chi connectivity index (χ4v) is 3.64. The summed E-state index contributed by atoms with van der Waals surface area (Å²) < 4.78 is 6.46. The fourth-order valence-electron chi connectivity index (χ4n) is 3.06. The molecule has 5 heteroatoms. The summed E-state index contributed by atoms with van der Waals surface area (Å²) in [6.07, 6.45) is 7.67. The van der Waals surface area contributed by atoms with E-state index in [1.165, 1.54) is 29.1 Å². The topological polar surface area (TPSA) is 42.7 Å². The molecule has 0 saturated heterocycles. The molecule has 0 aliphatic carbocycles. The van der Waals surface area contributed by atoms with Gasteiger partial charge in [-0.25, -0.2) is 9.36 Å². The number of hydrogen-bond donors (Lipinski definition) is 1. The van der Waals surface area contributed by atoms with Crippen LogP contribution in [-0.4, -0.2) is 13.9 Å². The van der Waals surface area contributed by atoms with Gasteiger partial charge in [-0.15, -0.1) is 0 Å². The van der Waals surface area contributed by atoms with Gasteiger partial charge in [0.05, 0.1) is 11.7 Å². The number of nitrogens with one attached hydrogen (secondary N) is 1. The Balaban J connectivity index is 1.50. The normalized spacial score (nSPS) is 15.2. The number of anilines is 1. The smallest absolute Gasteiger partial charge is 0.109 e. The predicted octanol–water partition coefficient (Wildman–Crippen LogP) is 4.52. The van der Waals surface area contributed by atoms with E-state index < -0.39 is 0 Å². The first-order valence-electron chi connectivity index (χ1n) is 8.13. The van der Waals surface area contributed by atoms with Crippen LogP contribution in [0.3, 0.4) is 0 Å². The minimum atomic E-state index is 0.272. The first-order valence-corrected chi connectivity index (χ1v) is 8.90. The van der Waals surface area contributed by atoms with Crippen LogP contribution in [0.5, 0.6) is 0 Å².